The highest BCUT2D eigenvalue weighted by Crippen LogP contribution is 2.64. The summed E-state index contributed by atoms with van der Waals surface area (Å²) in [5, 5.41) is 11.5. The summed E-state index contributed by atoms with van der Waals surface area (Å²) in [5.74, 6) is 1.78. The van der Waals surface area contributed by atoms with E-state index < -0.39 is 24.2 Å². The second kappa shape index (κ2) is 5.24. The Labute approximate surface area is 147 Å². The SMILES string of the molecule is [2H]C([2H])([2H])C([2H])([2H])[C@]1(O)CCC2C3CCc4cc(OC)ccc4C3CCC21C. The molecule has 1 aromatic rings. The normalized spacial score (nSPS) is 46.2. The van der Waals surface area contributed by atoms with Crippen LogP contribution in [0, 0.1) is 17.3 Å². The number of ether oxygens (including phenoxy) is 1. The number of aryl methyl sites for hydroxylation is 1. The van der Waals surface area contributed by atoms with Gasteiger partial charge in [-0.25, -0.2) is 0 Å². The Bertz CT molecular complexity index is 777. The summed E-state index contributed by atoms with van der Waals surface area (Å²) >= 11 is 0. The molecule has 0 saturated heterocycles. The lowest BCUT2D eigenvalue weighted by atomic mass is 9.53. The minimum atomic E-state index is -2.84. The second-order valence-corrected chi connectivity index (χ2v) is 7.96. The topological polar surface area (TPSA) is 29.5 Å². The van der Waals surface area contributed by atoms with Crippen molar-refractivity contribution >= 4 is 0 Å². The van der Waals surface area contributed by atoms with Crippen LogP contribution in [0.4, 0.5) is 0 Å². The van der Waals surface area contributed by atoms with Crippen molar-refractivity contribution in [1.29, 1.82) is 0 Å². The third kappa shape index (κ3) is 2.03. The zero-order valence-electron chi connectivity index (χ0n) is 19.1. The van der Waals surface area contributed by atoms with Crippen LogP contribution < -0.4 is 4.74 Å². The van der Waals surface area contributed by atoms with Gasteiger partial charge in [-0.1, -0.05) is 19.8 Å². The molecule has 0 radical (unpaired) electrons. The largest absolute Gasteiger partial charge is 0.497 e. The number of benzene rings is 1. The van der Waals surface area contributed by atoms with Crippen molar-refractivity contribution in [2.24, 2.45) is 17.3 Å². The van der Waals surface area contributed by atoms with Gasteiger partial charge in [0.1, 0.15) is 5.75 Å². The second-order valence-electron chi connectivity index (χ2n) is 7.96. The van der Waals surface area contributed by atoms with Crippen LogP contribution in [0.25, 0.3) is 0 Å². The van der Waals surface area contributed by atoms with Crippen molar-refractivity contribution < 1.29 is 16.7 Å². The molecule has 0 amide bonds. The first-order valence-electron chi connectivity index (χ1n) is 11.4. The summed E-state index contributed by atoms with van der Waals surface area (Å²) in [7, 11) is 1.68. The van der Waals surface area contributed by atoms with Crippen molar-refractivity contribution in [1.82, 2.24) is 0 Å². The fraction of sp³-hybridized carbons (Fsp3) is 0.714. The number of hydrogen-bond donors (Lipinski definition) is 1. The third-order valence-corrected chi connectivity index (χ3v) is 7.29. The molecule has 0 spiro atoms. The molecule has 0 heterocycles. The molecule has 5 atom stereocenters. The van der Waals surface area contributed by atoms with Gasteiger partial charge in [-0.2, -0.15) is 0 Å². The predicted octanol–water partition coefficient (Wildman–Crippen LogP) is 4.69. The molecule has 3 aliphatic carbocycles. The minimum Gasteiger partial charge on any atom is -0.497 e. The number of aliphatic hydroxyl groups is 1. The van der Waals surface area contributed by atoms with E-state index >= 15 is 0 Å². The van der Waals surface area contributed by atoms with Crippen molar-refractivity contribution in [3.8, 4) is 5.75 Å². The summed E-state index contributed by atoms with van der Waals surface area (Å²) in [6.07, 6.45) is 1.75. The average Bonchev–Trinajstić information content (AvgIpc) is 2.92. The van der Waals surface area contributed by atoms with E-state index in [0.717, 1.165) is 25.0 Å². The molecule has 4 rings (SSSR count). The fourth-order valence-electron chi connectivity index (χ4n) is 5.91. The molecular formula is C21H30O2. The number of methoxy groups -OCH3 is 1. The molecule has 2 saturated carbocycles. The average molecular weight is 319 g/mol. The Hall–Kier alpha value is -1.02. The highest BCUT2D eigenvalue weighted by atomic mass is 16.5. The first-order valence-corrected chi connectivity index (χ1v) is 8.85. The van der Waals surface area contributed by atoms with E-state index in [9.17, 15) is 5.11 Å². The zero-order valence-corrected chi connectivity index (χ0v) is 14.1. The van der Waals surface area contributed by atoms with E-state index in [2.05, 4.69) is 12.1 Å². The van der Waals surface area contributed by atoms with Crippen LogP contribution in [0.2, 0.25) is 0 Å². The van der Waals surface area contributed by atoms with Crippen molar-refractivity contribution in [3.63, 3.8) is 0 Å². The van der Waals surface area contributed by atoms with Gasteiger partial charge >= 0.3 is 0 Å². The molecule has 3 aliphatic rings. The maximum Gasteiger partial charge on any atom is 0.119 e. The van der Waals surface area contributed by atoms with Gasteiger partial charge in [0.15, 0.2) is 0 Å². The van der Waals surface area contributed by atoms with Crippen molar-refractivity contribution in [2.45, 2.75) is 70.2 Å². The van der Waals surface area contributed by atoms with E-state index in [1.54, 1.807) is 7.11 Å². The molecule has 0 aromatic heterocycles. The first kappa shape index (κ1) is 10.8. The lowest BCUT2D eigenvalue weighted by Gasteiger charge is -2.53. The quantitative estimate of drug-likeness (QED) is 0.856. The molecule has 0 aliphatic heterocycles. The van der Waals surface area contributed by atoms with Gasteiger partial charge in [0.25, 0.3) is 0 Å². The summed E-state index contributed by atoms with van der Waals surface area (Å²) in [6.45, 7) is -0.903. The van der Waals surface area contributed by atoms with Crippen LogP contribution in [0.3, 0.4) is 0 Å². The fourth-order valence-corrected chi connectivity index (χ4v) is 5.91. The predicted molar refractivity (Wildman–Crippen MR) is 92.9 cm³/mol. The smallest absolute Gasteiger partial charge is 0.119 e. The molecule has 1 N–H and O–H groups in total. The molecule has 4 unspecified atom stereocenters. The Morgan fingerprint density at radius 2 is 2.22 bits per heavy atom. The van der Waals surface area contributed by atoms with Crippen LogP contribution >= 0.6 is 0 Å². The van der Waals surface area contributed by atoms with Gasteiger partial charge in [0.2, 0.25) is 0 Å². The monoisotopic (exact) mass is 319 g/mol. The summed E-state index contributed by atoms with van der Waals surface area (Å²) in [6, 6.07) is 6.29. The van der Waals surface area contributed by atoms with Gasteiger partial charge in [0, 0.05) is 6.85 Å². The Morgan fingerprint density at radius 1 is 1.35 bits per heavy atom. The maximum atomic E-state index is 11.5. The lowest BCUT2D eigenvalue weighted by Crippen LogP contribution is -2.50. The standard InChI is InChI=1S/C21H30O2/c1-4-21(22)12-10-19-18-7-5-14-13-15(23-3)6-8-16(14)17(18)9-11-20(19,21)2/h6,8,13,17-19,22H,4-5,7,9-12H2,1-3H3/t17?,18?,19?,20?,21-/m0/s1/i1D3,4D2. The molecule has 1 aromatic carbocycles. The molecule has 2 nitrogen and oxygen atoms in total. The van der Waals surface area contributed by atoms with Gasteiger partial charge in [-0.05, 0) is 91.3 Å². The van der Waals surface area contributed by atoms with E-state index in [1.807, 2.05) is 13.0 Å². The lowest BCUT2D eigenvalue weighted by molar-refractivity contribution is -0.104. The van der Waals surface area contributed by atoms with Gasteiger partial charge in [-0.3, -0.25) is 0 Å². The van der Waals surface area contributed by atoms with Crippen LogP contribution in [-0.2, 0) is 6.42 Å². The van der Waals surface area contributed by atoms with Crippen LogP contribution in [0.1, 0.15) is 76.2 Å². The number of fused-ring (bicyclic) bond motifs is 5. The highest BCUT2D eigenvalue weighted by Gasteiger charge is 2.60. The number of hydrogen-bond acceptors (Lipinski definition) is 2. The van der Waals surface area contributed by atoms with E-state index in [0.29, 0.717) is 24.7 Å². The molecule has 2 fully saturated rings. The number of rotatable bonds is 2. The summed E-state index contributed by atoms with van der Waals surface area (Å²) in [4.78, 5) is 0. The Balaban J connectivity index is 1.69. The van der Waals surface area contributed by atoms with E-state index in [4.69, 9.17) is 11.6 Å². The maximum absolute atomic E-state index is 11.5. The van der Waals surface area contributed by atoms with Crippen LogP contribution in [0.5, 0.6) is 5.75 Å². The van der Waals surface area contributed by atoms with Crippen LogP contribution in [-0.4, -0.2) is 17.8 Å². The minimum absolute atomic E-state index is 0.143. The molecule has 0 bridgehead atoms. The third-order valence-electron chi connectivity index (χ3n) is 7.29. The van der Waals surface area contributed by atoms with Crippen molar-refractivity contribution in [3.05, 3.63) is 29.3 Å². The molecule has 126 valence electrons. The summed E-state index contributed by atoms with van der Waals surface area (Å²) < 4.78 is 45.2. The van der Waals surface area contributed by atoms with E-state index in [-0.39, 0.29) is 12.3 Å². The van der Waals surface area contributed by atoms with Gasteiger partial charge in [0.05, 0.1) is 12.7 Å². The zero-order chi connectivity index (χ0) is 20.5. The molecule has 2 heteroatoms. The van der Waals surface area contributed by atoms with Crippen molar-refractivity contribution in [2.75, 3.05) is 7.11 Å². The van der Waals surface area contributed by atoms with Gasteiger partial charge in [-0.15, -0.1) is 0 Å². The highest BCUT2D eigenvalue weighted by molar-refractivity contribution is 5.40. The molecular weight excluding hydrogens is 284 g/mol. The summed E-state index contributed by atoms with van der Waals surface area (Å²) in [5.41, 5.74) is 0.153. The van der Waals surface area contributed by atoms with Gasteiger partial charge < -0.3 is 9.84 Å². The first-order chi connectivity index (χ1) is 13.0. The Kier molecular flexibility index (Phi) is 2.45. The molecule has 23 heavy (non-hydrogen) atoms. The van der Waals surface area contributed by atoms with E-state index in [1.165, 1.54) is 11.1 Å². The Morgan fingerprint density at radius 3 is 3.00 bits per heavy atom. The van der Waals surface area contributed by atoms with Crippen LogP contribution in [0.15, 0.2) is 18.2 Å².